The summed E-state index contributed by atoms with van der Waals surface area (Å²) in [6.07, 6.45) is 1.65. The van der Waals surface area contributed by atoms with E-state index in [2.05, 4.69) is 4.74 Å². The predicted molar refractivity (Wildman–Crippen MR) is 102 cm³/mol. The third-order valence-corrected chi connectivity index (χ3v) is 4.18. The van der Waals surface area contributed by atoms with Crippen LogP contribution in [0.5, 0.6) is 0 Å². The number of nitrogens with zero attached hydrogens (tertiary/aromatic N) is 1. The first kappa shape index (κ1) is 20.4. The van der Waals surface area contributed by atoms with Crippen LogP contribution in [-0.4, -0.2) is 43.0 Å². The highest BCUT2D eigenvalue weighted by Gasteiger charge is 2.37. The first-order valence-corrected chi connectivity index (χ1v) is 8.90. The molecule has 1 aliphatic heterocycles. The van der Waals surface area contributed by atoms with Crippen molar-refractivity contribution in [3.8, 4) is 0 Å². The van der Waals surface area contributed by atoms with Crippen LogP contribution in [0.15, 0.2) is 41.1 Å². The maximum atomic E-state index is 12.9. The summed E-state index contributed by atoms with van der Waals surface area (Å²) >= 11 is 0. The lowest BCUT2D eigenvalue weighted by Crippen LogP contribution is -2.28. The van der Waals surface area contributed by atoms with Gasteiger partial charge < -0.3 is 14.4 Å². The molecule has 6 heteroatoms. The van der Waals surface area contributed by atoms with E-state index in [1.165, 1.54) is 7.11 Å². The van der Waals surface area contributed by atoms with Crippen molar-refractivity contribution in [2.45, 2.75) is 27.7 Å². The maximum Gasteiger partial charge on any atom is 0.340 e. The lowest BCUT2D eigenvalue weighted by Gasteiger charge is -2.19. The molecule has 1 heterocycles. The molecule has 0 saturated carbocycles. The van der Waals surface area contributed by atoms with Crippen LogP contribution in [-0.2, 0) is 19.1 Å². The Balaban J connectivity index is 2.45. The van der Waals surface area contributed by atoms with E-state index >= 15 is 0 Å². The Bertz CT molecular complexity index is 802. The molecule has 0 aromatic heterocycles. The van der Waals surface area contributed by atoms with E-state index in [1.807, 2.05) is 13.8 Å². The summed E-state index contributed by atoms with van der Waals surface area (Å²) in [5, 5.41) is 0. The number of methoxy groups -OCH3 is 1. The van der Waals surface area contributed by atoms with Crippen LogP contribution in [0.25, 0.3) is 6.08 Å². The average molecular weight is 371 g/mol. The minimum Gasteiger partial charge on any atom is -0.465 e. The molecule has 0 spiro atoms. The van der Waals surface area contributed by atoms with Crippen LogP contribution in [0.1, 0.15) is 43.6 Å². The molecule has 0 unspecified atom stereocenters. The van der Waals surface area contributed by atoms with Crippen molar-refractivity contribution in [3.63, 3.8) is 0 Å². The zero-order chi connectivity index (χ0) is 20.1. The van der Waals surface area contributed by atoms with Crippen molar-refractivity contribution in [1.29, 1.82) is 0 Å². The van der Waals surface area contributed by atoms with E-state index in [1.54, 1.807) is 49.1 Å². The topological polar surface area (TPSA) is 72.9 Å². The number of carbonyl (C=O) groups is 3. The summed E-state index contributed by atoms with van der Waals surface area (Å²) in [5.41, 5.74) is 2.31. The second-order valence-electron chi connectivity index (χ2n) is 6.66. The van der Waals surface area contributed by atoms with Gasteiger partial charge in [-0.05, 0) is 43.5 Å². The molecule has 144 valence electrons. The van der Waals surface area contributed by atoms with Gasteiger partial charge in [-0.1, -0.05) is 26.0 Å². The van der Waals surface area contributed by atoms with Gasteiger partial charge in [-0.15, -0.1) is 0 Å². The van der Waals surface area contributed by atoms with Crippen molar-refractivity contribution in [1.82, 2.24) is 4.90 Å². The molecule has 0 fully saturated rings. The summed E-state index contributed by atoms with van der Waals surface area (Å²) in [5.74, 6) is -0.906. The van der Waals surface area contributed by atoms with Crippen molar-refractivity contribution < 1.29 is 23.9 Å². The molecular weight excluding hydrogens is 346 g/mol. The zero-order valence-corrected chi connectivity index (χ0v) is 16.4. The Hall–Kier alpha value is -2.89. The molecule has 1 aromatic rings. The fourth-order valence-electron chi connectivity index (χ4n) is 2.91. The van der Waals surface area contributed by atoms with Crippen molar-refractivity contribution in [2.75, 3.05) is 20.3 Å². The van der Waals surface area contributed by atoms with Crippen LogP contribution >= 0.6 is 0 Å². The van der Waals surface area contributed by atoms with Crippen LogP contribution in [0.4, 0.5) is 0 Å². The number of carbonyl (C=O) groups excluding carboxylic acids is 3. The number of rotatable bonds is 6. The van der Waals surface area contributed by atoms with Gasteiger partial charge in [0.15, 0.2) is 0 Å². The quantitative estimate of drug-likeness (QED) is 0.567. The molecule has 0 aliphatic carbocycles. The molecule has 0 N–H and O–H groups in total. The van der Waals surface area contributed by atoms with Gasteiger partial charge in [0.25, 0.3) is 5.91 Å². The molecule has 0 saturated heterocycles. The Morgan fingerprint density at radius 1 is 1.15 bits per heavy atom. The summed E-state index contributed by atoms with van der Waals surface area (Å²) < 4.78 is 9.84. The van der Waals surface area contributed by atoms with Crippen molar-refractivity contribution >= 4 is 23.9 Å². The summed E-state index contributed by atoms with van der Waals surface area (Å²) in [6, 6.07) is 6.64. The molecule has 6 nitrogen and oxygen atoms in total. The highest BCUT2D eigenvalue weighted by molar-refractivity contribution is 6.16. The fourth-order valence-corrected chi connectivity index (χ4v) is 2.91. The maximum absolute atomic E-state index is 12.9. The van der Waals surface area contributed by atoms with E-state index in [0.29, 0.717) is 34.5 Å². The molecule has 0 radical (unpaired) electrons. The summed E-state index contributed by atoms with van der Waals surface area (Å²) in [4.78, 5) is 38.6. The van der Waals surface area contributed by atoms with E-state index in [4.69, 9.17) is 4.74 Å². The number of hydrogen-bond donors (Lipinski definition) is 0. The Kier molecular flexibility index (Phi) is 6.55. The molecular formula is C21H25NO5. The minimum absolute atomic E-state index is 0.221. The predicted octanol–water partition coefficient (Wildman–Crippen LogP) is 3.19. The lowest BCUT2D eigenvalue weighted by atomic mass is 10.0. The lowest BCUT2D eigenvalue weighted by molar-refractivity contribution is -0.138. The van der Waals surface area contributed by atoms with Crippen LogP contribution in [0, 0.1) is 5.92 Å². The largest absolute Gasteiger partial charge is 0.465 e. The Labute approximate surface area is 159 Å². The van der Waals surface area contributed by atoms with Gasteiger partial charge in [-0.3, -0.25) is 4.79 Å². The van der Waals surface area contributed by atoms with E-state index in [9.17, 15) is 14.4 Å². The third-order valence-electron chi connectivity index (χ3n) is 4.18. The van der Waals surface area contributed by atoms with Crippen molar-refractivity contribution in [3.05, 3.63) is 52.2 Å². The number of amides is 1. The molecule has 1 aliphatic rings. The van der Waals surface area contributed by atoms with Crippen molar-refractivity contribution in [2.24, 2.45) is 5.92 Å². The number of ether oxygens (including phenoxy) is 2. The average Bonchev–Trinajstić information content (AvgIpc) is 2.86. The zero-order valence-electron chi connectivity index (χ0n) is 16.4. The first-order valence-electron chi connectivity index (χ1n) is 8.90. The van der Waals surface area contributed by atoms with Crippen LogP contribution in [0.3, 0.4) is 0 Å². The second-order valence-corrected chi connectivity index (χ2v) is 6.66. The molecule has 1 aromatic carbocycles. The SMILES string of the molecule is CCOC(=O)C1=C(C)N(CC(C)C)C(=O)C1=Cc1ccc(C(=O)OC)cc1. The summed E-state index contributed by atoms with van der Waals surface area (Å²) in [7, 11) is 1.32. The van der Waals surface area contributed by atoms with Gasteiger partial charge in [0.1, 0.15) is 0 Å². The fraction of sp³-hybridized carbons (Fsp3) is 0.381. The van der Waals surface area contributed by atoms with Gasteiger partial charge in [-0.25, -0.2) is 9.59 Å². The van der Waals surface area contributed by atoms with Gasteiger partial charge in [0, 0.05) is 12.2 Å². The number of allylic oxidation sites excluding steroid dienone is 1. The highest BCUT2D eigenvalue weighted by atomic mass is 16.5. The number of esters is 2. The molecule has 2 rings (SSSR count). The van der Waals surface area contributed by atoms with Gasteiger partial charge >= 0.3 is 11.9 Å². The molecule has 0 bridgehead atoms. The van der Waals surface area contributed by atoms with E-state index in [0.717, 1.165) is 0 Å². The first-order chi connectivity index (χ1) is 12.8. The second kappa shape index (κ2) is 8.66. The number of benzene rings is 1. The normalized spacial score (nSPS) is 15.7. The van der Waals surface area contributed by atoms with Gasteiger partial charge in [0.05, 0.1) is 30.4 Å². The minimum atomic E-state index is -0.507. The standard InChI is InChI=1S/C21H25NO5/c1-6-27-21(25)18-14(4)22(12-13(2)3)19(23)17(18)11-15-7-9-16(10-8-15)20(24)26-5/h7-11,13H,6,12H2,1-5H3. The third kappa shape index (κ3) is 4.45. The van der Waals surface area contributed by atoms with Gasteiger partial charge in [0.2, 0.25) is 0 Å². The number of hydrogen-bond acceptors (Lipinski definition) is 5. The molecule has 1 amide bonds. The van der Waals surface area contributed by atoms with Crippen LogP contribution < -0.4 is 0 Å². The van der Waals surface area contributed by atoms with Crippen LogP contribution in [0.2, 0.25) is 0 Å². The Morgan fingerprint density at radius 3 is 2.30 bits per heavy atom. The van der Waals surface area contributed by atoms with E-state index < -0.39 is 11.9 Å². The van der Waals surface area contributed by atoms with E-state index in [-0.39, 0.29) is 18.4 Å². The smallest absolute Gasteiger partial charge is 0.340 e. The van der Waals surface area contributed by atoms with Gasteiger partial charge in [-0.2, -0.15) is 0 Å². The monoisotopic (exact) mass is 371 g/mol. The highest BCUT2D eigenvalue weighted by Crippen LogP contribution is 2.32. The molecule has 0 atom stereocenters. The Morgan fingerprint density at radius 2 is 1.78 bits per heavy atom. The molecule has 27 heavy (non-hydrogen) atoms. The summed E-state index contributed by atoms with van der Waals surface area (Å²) in [6.45, 7) is 8.26.